The van der Waals surface area contributed by atoms with E-state index in [4.69, 9.17) is 5.73 Å². The van der Waals surface area contributed by atoms with E-state index < -0.39 is 0 Å². The number of rotatable bonds is 3. The molecule has 76 valence electrons. The number of likely N-dealkylation sites (tertiary alicyclic amines) is 1. The number of hydrogen-bond donors (Lipinski definition) is 1. The highest BCUT2D eigenvalue weighted by atomic mass is 15.2. The summed E-state index contributed by atoms with van der Waals surface area (Å²) in [6.45, 7) is 5.01. The van der Waals surface area contributed by atoms with Crippen molar-refractivity contribution in [3.8, 4) is 0 Å². The number of nitrogens with zero attached hydrogens (tertiary/aromatic N) is 2. The van der Waals surface area contributed by atoms with Gasteiger partial charge in [0.25, 0.3) is 0 Å². The van der Waals surface area contributed by atoms with Crippen LogP contribution in [0.1, 0.15) is 17.7 Å². The van der Waals surface area contributed by atoms with Gasteiger partial charge in [-0.15, -0.1) is 0 Å². The Morgan fingerprint density at radius 2 is 2.50 bits per heavy atom. The van der Waals surface area contributed by atoms with Gasteiger partial charge in [0.2, 0.25) is 0 Å². The average molecular weight is 191 g/mol. The molecule has 1 aromatic rings. The van der Waals surface area contributed by atoms with Gasteiger partial charge in [-0.25, -0.2) is 0 Å². The minimum Gasteiger partial charge on any atom is -0.329 e. The predicted molar refractivity (Wildman–Crippen MR) is 56.8 cm³/mol. The van der Waals surface area contributed by atoms with Crippen molar-refractivity contribution in [2.24, 2.45) is 5.73 Å². The number of aromatic nitrogens is 1. The lowest BCUT2D eigenvalue weighted by atomic mass is 10.0. The van der Waals surface area contributed by atoms with E-state index in [-0.39, 0.29) is 0 Å². The highest BCUT2D eigenvalue weighted by Gasteiger charge is 2.25. The number of hydrogen-bond acceptors (Lipinski definition) is 3. The Balaban J connectivity index is 1.97. The molecule has 0 spiro atoms. The third-order valence-electron chi connectivity index (χ3n) is 2.88. The maximum atomic E-state index is 5.65. The Morgan fingerprint density at radius 3 is 3.07 bits per heavy atom. The third-order valence-corrected chi connectivity index (χ3v) is 2.88. The van der Waals surface area contributed by atoms with Crippen molar-refractivity contribution in [3.63, 3.8) is 0 Å². The van der Waals surface area contributed by atoms with Crippen LogP contribution in [0.3, 0.4) is 0 Å². The molecule has 1 aliphatic rings. The molecule has 0 aromatic carbocycles. The minimum atomic E-state index is 0.600. The second-order valence-corrected chi connectivity index (χ2v) is 3.95. The van der Waals surface area contributed by atoms with Crippen LogP contribution in [0.15, 0.2) is 18.3 Å². The number of pyridine rings is 1. The van der Waals surface area contributed by atoms with Gasteiger partial charge in [-0.1, -0.05) is 0 Å². The lowest BCUT2D eigenvalue weighted by Gasteiger charge is -2.40. The van der Waals surface area contributed by atoms with Crippen LogP contribution >= 0.6 is 0 Å². The summed E-state index contributed by atoms with van der Waals surface area (Å²) in [6, 6.07) is 4.83. The zero-order chi connectivity index (χ0) is 9.97. The van der Waals surface area contributed by atoms with Gasteiger partial charge in [0.05, 0.1) is 0 Å². The predicted octanol–water partition coefficient (Wildman–Crippen LogP) is 0.923. The highest BCUT2D eigenvalue weighted by molar-refractivity contribution is 5.15. The Bertz CT molecular complexity index is 309. The molecule has 2 rings (SSSR count). The first kappa shape index (κ1) is 9.62. The van der Waals surface area contributed by atoms with Gasteiger partial charge < -0.3 is 5.73 Å². The number of nitrogens with two attached hydrogens (primary N) is 1. The molecule has 1 aliphatic heterocycles. The fourth-order valence-electron chi connectivity index (χ4n) is 1.91. The summed E-state index contributed by atoms with van der Waals surface area (Å²) < 4.78 is 0. The average Bonchev–Trinajstić information content (AvgIpc) is 2.14. The van der Waals surface area contributed by atoms with E-state index >= 15 is 0 Å². The molecule has 1 atom stereocenters. The van der Waals surface area contributed by atoms with Gasteiger partial charge in [-0.05, 0) is 31.0 Å². The van der Waals surface area contributed by atoms with Crippen molar-refractivity contribution >= 4 is 0 Å². The van der Waals surface area contributed by atoms with E-state index in [1.807, 2.05) is 13.1 Å². The number of aryl methyl sites for hydroxylation is 1. The maximum Gasteiger partial charge on any atom is 0.0375 e. The molecule has 2 N–H and O–H groups in total. The summed E-state index contributed by atoms with van der Waals surface area (Å²) in [5, 5.41) is 0. The first-order valence-corrected chi connectivity index (χ1v) is 5.15. The fraction of sp³-hybridized carbons (Fsp3) is 0.545. The van der Waals surface area contributed by atoms with Gasteiger partial charge in [0.1, 0.15) is 0 Å². The molecular formula is C11H17N3. The van der Waals surface area contributed by atoms with E-state index in [2.05, 4.69) is 22.0 Å². The van der Waals surface area contributed by atoms with Crippen molar-refractivity contribution in [3.05, 3.63) is 29.6 Å². The molecule has 14 heavy (non-hydrogen) atoms. The Morgan fingerprint density at radius 1 is 1.64 bits per heavy atom. The van der Waals surface area contributed by atoms with E-state index in [0.29, 0.717) is 6.04 Å². The molecule has 0 aliphatic carbocycles. The zero-order valence-electron chi connectivity index (χ0n) is 8.61. The maximum absolute atomic E-state index is 5.65. The van der Waals surface area contributed by atoms with Crippen LogP contribution in [0.5, 0.6) is 0 Å². The van der Waals surface area contributed by atoms with Crippen LogP contribution in [0.4, 0.5) is 0 Å². The molecule has 1 saturated heterocycles. The smallest absolute Gasteiger partial charge is 0.0375 e. The molecule has 1 aromatic heterocycles. The normalized spacial score (nSPS) is 22.0. The summed E-state index contributed by atoms with van der Waals surface area (Å²) in [7, 11) is 0. The molecule has 0 saturated carbocycles. The van der Waals surface area contributed by atoms with Crippen molar-refractivity contribution in [2.75, 3.05) is 13.1 Å². The molecule has 2 heterocycles. The van der Waals surface area contributed by atoms with E-state index in [1.54, 1.807) is 0 Å². The topological polar surface area (TPSA) is 42.1 Å². The van der Waals surface area contributed by atoms with E-state index in [1.165, 1.54) is 18.5 Å². The first-order valence-electron chi connectivity index (χ1n) is 5.15. The van der Waals surface area contributed by atoms with E-state index in [0.717, 1.165) is 18.8 Å². The highest BCUT2D eigenvalue weighted by Crippen LogP contribution is 2.19. The molecule has 1 fully saturated rings. The van der Waals surface area contributed by atoms with Gasteiger partial charge in [0.15, 0.2) is 0 Å². The molecule has 1 unspecified atom stereocenters. The summed E-state index contributed by atoms with van der Waals surface area (Å²) in [5.74, 6) is 0. The molecule has 0 amide bonds. The van der Waals surface area contributed by atoms with Gasteiger partial charge in [0, 0.05) is 37.6 Å². The molecule has 0 radical (unpaired) electrons. The van der Waals surface area contributed by atoms with Gasteiger partial charge >= 0.3 is 0 Å². The van der Waals surface area contributed by atoms with Crippen molar-refractivity contribution in [1.82, 2.24) is 9.88 Å². The second kappa shape index (κ2) is 4.07. The van der Waals surface area contributed by atoms with Crippen LogP contribution in [-0.4, -0.2) is 29.0 Å². The Labute approximate surface area is 84.9 Å². The quantitative estimate of drug-likeness (QED) is 0.772. The van der Waals surface area contributed by atoms with Crippen LogP contribution in [0, 0.1) is 6.92 Å². The van der Waals surface area contributed by atoms with Crippen molar-refractivity contribution in [2.45, 2.75) is 25.9 Å². The van der Waals surface area contributed by atoms with Crippen molar-refractivity contribution < 1.29 is 0 Å². The first-order chi connectivity index (χ1) is 6.79. The van der Waals surface area contributed by atoms with Crippen molar-refractivity contribution in [1.29, 1.82) is 0 Å². The monoisotopic (exact) mass is 191 g/mol. The second-order valence-electron chi connectivity index (χ2n) is 3.95. The van der Waals surface area contributed by atoms with Gasteiger partial charge in [-0.2, -0.15) is 0 Å². The SMILES string of the molecule is Cc1cc(CN2CCC2CN)ccn1. The standard InChI is InChI=1S/C11H17N3/c1-9-6-10(2-4-13-9)8-14-5-3-11(14)7-12/h2,4,6,11H,3,5,7-8,12H2,1H3. The van der Waals surface area contributed by atoms with Crippen LogP contribution in [0.25, 0.3) is 0 Å². The summed E-state index contributed by atoms with van der Waals surface area (Å²) >= 11 is 0. The van der Waals surface area contributed by atoms with Crippen LogP contribution in [-0.2, 0) is 6.54 Å². The summed E-state index contributed by atoms with van der Waals surface area (Å²) in [6.07, 6.45) is 3.13. The minimum absolute atomic E-state index is 0.600. The molecular weight excluding hydrogens is 174 g/mol. The molecule has 3 nitrogen and oxygen atoms in total. The third kappa shape index (κ3) is 1.94. The summed E-state index contributed by atoms with van der Waals surface area (Å²) in [4.78, 5) is 6.61. The van der Waals surface area contributed by atoms with Gasteiger partial charge in [-0.3, -0.25) is 9.88 Å². The van der Waals surface area contributed by atoms with Crippen LogP contribution < -0.4 is 5.73 Å². The Kier molecular flexibility index (Phi) is 2.79. The lowest BCUT2D eigenvalue weighted by molar-refractivity contribution is 0.0882. The Hall–Kier alpha value is -0.930. The molecule has 0 bridgehead atoms. The fourth-order valence-corrected chi connectivity index (χ4v) is 1.91. The zero-order valence-corrected chi connectivity index (χ0v) is 8.61. The lowest BCUT2D eigenvalue weighted by Crippen LogP contribution is -2.50. The molecule has 3 heteroatoms. The largest absolute Gasteiger partial charge is 0.329 e. The van der Waals surface area contributed by atoms with Crippen LogP contribution in [0.2, 0.25) is 0 Å². The van der Waals surface area contributed by atoms with E-state index in [9.17, 15) is 0 Å². The summed E-state index contributed by atoms with van der Waals surface area (Å²) in [5.41, 5.74) is 8.09.